The average molecular weight is 494 g/mol. The van der Waals surface area contributed by atoms with Gasteiger partial charge < -0.3 is 14.0 Å². The molecule has 0 atom stereocenters. The van der Waals surface area contributed by atoms with Crippen molar-refractivity contribution in [3.8, 4) is 16.9 Å². The molecule has 0 aliphatic rings. The summed E-state index contributed by atoms with van der Waals surface area (Å²) in [5.74, 6) is -1.28. The van der Waals surface area contributed by atoms with E-state index in [-0.39, 0.29) is 23.6 Å². The van der Waals surface area contributed by atoms with Gasteiger partial charge in [-0.1, -0.05) is 72.8 Å². The standard InChI is InChI=1S/C31H27NO5/c1-3-36-28(33)20-17-22-15-18-25(19-16-22)32-27(23-11-7-5-8-12-23)21-26(31(35)37-4-2)29(32)30(34)24-13-9-6-10-14-24/h5-21H,3-4H2,1-2H3/b20-17+. The third-order valence-electron chi connectivity index (χ3n) is 5.67. The summed E-state index contributed by atoms with van der Waals surface area (Å²) in [6.07, 6.45) is 3.03. The summed E-state index contributed by atoms with van der Waals surface area (Å²) in [6.45, 7) is 3.97. The Morgan fingerprint density at radius 1 is 0.784 bits per heavy atom. The first-order valence-electron chi connectivity index (χ1n) is 12.1. The molecule has 0 N–H and O–H groups in total. The Hall–Kier alpha value is -4.71. The van der Waals surface area contributed by atoms with E-state index >= 15 is 0 Å². The SMILES string of the molecule is CCOC(=O)/C=C/c1ccc(-n2c(-c3ccccc3)cc(C(=O)OCC)c2C(=O)c2ccccc2)cc1. The lowest BCUT2D eigenvalue weighted by Crippen LogP contribution is -2.15. The molecule has 4 aromatic rings. The van der Waals surface area contributed by atoms with Gasteiger partial charge in [-0.2, -0.15) is 0 Å². The van der Waals surface area contributed by atoms with Gasteiger partial charge in [0.15, 0.2) is 0 Å². The largest absolute Gasteiger partial charge is 0.463 e. The van der Waals surface area contributed by atoms with Crippen molar-refractivity contribution in [3.63, 3.8) is 0 Å². The zero-order chi connectivity index (χ0) is 26.2. The summed E-state index contributed by atoms with van der Waals surface area (Å²) in [7, 11) is 0. The maximum Gasteiger partial charge on any atom is 0.340 e. The molecule has 0 spiro atoms. The van der Waals surface area contributed by atoms with Crippen LogP contribution in [-0.4, -0.2) is 35.5 Å². The molecule has 0 saturated heterocycles. The second kappa shape index (κ2) is 11.8. The third kappa shape index (κ3) is 5.76. The lowest BCUT2D eigenvalue weighted by Gasteiger charge is -2.15. The number of carbonyl (C=O) groups is 3. The second-order valence-electron chi connectivity index (χ2n) is 8.09. The van der Waals surface area contributed by atoms with Crippen molar-refractivity contribution in [1.29, 1.82) is 0 Å². The van der Waals surface area contributed by atoms with Crippen LogP contribution in [0.4, 0.5) is 0 Å². The maximum atomic E-state index is 13.8. The molecular formula is C31H27NO5. The number of benzene rings is 3. The highest BCUT2D eigenvalue weighted by Crippen LogP contribution is 2.32. The molecule has 0 bridgehead atoms. The van der Waals surface area contributed by atoms with Crippen molar-refractivity contribution in [1.82, 2.24) is 4.57 Å². The van der Waals surface area contributed by atoms with Crippen LogP contribution in [-0.2, 0) is 14.3 Å². The first-order chi connectivity index (χ1) is 18.0. The zero-order valence-electron chi connectivity index (χ0n) is 20.7. The van der Waals surface area contributed by atoms with E-state index in [1.54, 1.807) is 54.8 Å². The highest BCUT2D eigenvalue weighted by Gasteiger charge is 2.28. The van der Waals surface area contributed by atoms with E-state index in [1.165, 1.54) is 6.08 Å². The van der Waals surface area contributed by atoms with Crippen molar-refractivity contribution < 1.29 is 23.9 Å². The molecule has 4 rings (SSSR count). The molecular weight excluding hydrogens is 466 g/mol. The number of carbonyl (C=O) groups excluding carboxylic acids is 3. The quantitative estimate of drug-likeness (QED) is 0.159. The van der Waals surface area contributed by atoms with E-state index in [4.69, 9.17) is 9.47 Å². The Balaban J connectivity index is 1.90. The summed E-state index contributed by atoms with van der Waals surface area (Å²) in [5.41, 5.74) is 3.86. The summed E-state index contributed by atoms with van der Waals surface area (Å²) in [5, 5.41) is 0. The van der Waals surface area contributed by atoms with Gasteiger partial charge in [-0.3, -0.25) is 4.79 Å². The fraction of sp³-hybridized carbons (Fsp3) is 0.129. The van der Waals surface area contributed by atoms with E-state index in [0.29, 0.717) is 23.6 Å². The summed E-state index contributed by atoms with van der Waals surface area (Å²) < 4.78 is 12.1. The molecule has 3 aromatic carbocycles. The lowest BCUT2D eigenvalue weighted by molar-refractivity contribution is -0.137. The van der Waals surface area contributed by atoms with Gasteiger partial charge in [0.2, 0.25) is 5.78 Å². The molecule has 6 heteroatoms. The number of nitrogens with zero attached hydrogens (tertiary/aromatic N) is 1. The molecule has 0 radical (unpaired) electrons. The van der Waals surface area contributed by atoms with Crippen LogP contribution >= 0.6 is 0 Å². The minimum Gasteiger partial charge on any atom is -0.463 e. The minimum absolute atomic E-state index is 0.186. The van der Waals surface area contributed by atoms with Gasteiger partial charge in [0, 0.05) is 17.3 Å². The van der Waals surface area contributed by atoms with Crippen LogP contribution in [0, 0.1) is 0 Å². The monoisotopic (exact) mass is 493 g/mol. The van der Waals surface area contributed by atoms with Gasteiger partial charge in [-0.15, -0.1) is 0 Å². The number of esters is 2. The van der Waals surface area contributed by atoms with E-state index in [1.807, 2.05) is 60.7 Å². The normalized spacial score (nSPS) is 10.9. The molecule has 0 aliphatic carbocycles. The Morgan fingerprint density at radius 2 is 1.41 bits per heavy atom. The molecule has 0 saturated carbocycles. The van der Waals surface area contributed by atoms with Gasteiger partial charge >= 0.3 is 11.9 Å². The highest BCUT2D eigenvalue weighted by atomic mass is 16.5. The van der Waals surface area contributed by atoms with E-state index in [9.17, 15) is 14.4 Å². The molecule has 6 nitrogen and oxygen atoms in total. The fourth-order valence-electron chi connectivity index (χ4n) is 4.00. The van der Waals surface area contributed by atoms with Crippen LogP contribution in [0.5, 0.6) is 0 Å². The topological polar surface area (TPSA) is 74.6 Å². The Morgan fingerprint density at radius 3 is 2.03 bits per heavy atom. The molecule has 0 unspecified atom stereocenters. The molecule has 0 fully saturated rings. The predicted octanol–water partition coefficient (Wildman–Crippen LogP) is 6.13. The Labute approximate surface area is 215 Å². The van der Waals surface area contributed by atoms with Crippen LogP contribution in [0.25, 0.3) is 23.0 Å². The fourth-order valence-corrected chi connectivity index (χ4v) is 4.00. The maximum absolute atomic E-state index is 13.8. The van der Waals surface area contributed by atoms with Crippen molar-refractivity contribution in [2.75, 3.05) is 13.2 Å². The van der Waals surface area contributed by atoms with Crippen molar-refractivity contribution >= 4 is 23.8 Å². The lowest BCUT2D eigenvalue weighted by atomic mass is 10.0. The van der Waals surface area contributed by atoms with Gasteiger partial charge in [-0.25, -0.2) is 9.59 Å². The summed E-state index contributed by atoms with van der Waals surface area (Å²) >= 11 is 0. The predicted molar refractivity (Wildman–Crippen MR) is 143 cm³/mol. The van der Waals surface area contributed by atoms with Crippen LogP contribution in [0.15, 0.2) is 97.1 Å². The van der Waals surface area contributed by atoms with Crippen LogP contribution in [0.2, 0.25) is 0 Å². The highest BCUT2D eigenvalue weighted by molar-refractivity contribution is 6.15. The van der Waals surface area contributed by atoms with E-state index in [0.717, 1.165) is 11.1 Å². The number of rotatable bonds is 9. The first-order valence-corrected chi connectivity index (χ1v) is 12.1. The van der Waals surface area contributed by atoms with Crippen LogP contribution < -0.4 is 0 Å². The number of ether oxygens (including phenoxy) is 2. The van der Waals surface area contributed by atoms with Crippen LogP contribution in [0.1, 0.15) is 45.8 Å². The minimum atomic E-state index is -0.563. The van der Waals surface area contributed by atoms with Gasteiger partial charge in [0.25, 0.3) is 0 Å². The number of aromatic nitrogens is 1. The molecule has 0 aliphatic heterocycles. The molecule has 37 heavy (non-hydrogen) atoms. The molecule has 186 valence electrons. The number of ketones is 1. The molecule has 0 amide bonds. The van der Waals surface area contributed by atoms with Gasteiger partial charge in [0.05, 0.1) is 24.5 Å². The van der Waals surface area contributed by atoms with Crippen LogP contribution in [0.3, 0.4) is 0 Å². The first kappa shape index (κ1) is 25.4. The number of hydrogen-bond donors (Lipinski definition) is 0. The summed E-state index contributed by atoms with van der Waals surface area (Å²) in [6, 6.07) is 27.5. The van der Waals surface area contributed by atoms with Crippen molar-refractivity contribution in [2.24, 2.45) is 0 Å². The third-order valence-corrected chi connectivity index (χ3v) is 5.67. The van der Waals surface area contributed by atoms with E-state index in [2.05, 4.69) is 0 Å². The smallest absolute Gasteiger partial charge is 0.340 e. The van der Waals surface area contributed by atoms with Gasteiger partial charge in [-0.05, 0) is 49.2 Å². The average Bonchev–Trinajstić information content (AvgIpc) is 3.34. The van der Waals surface area contributed by atoms with Crippen molar-refractivity contribution in [2.45, 2.75) is 13.8 Å². The Bertz CT molecular complexity index is 1420. The van der Waals surface area contributed by atoms with Gasteiger partial charge in [0.1, 0.15) is 5.69 Å². The van der Waals surface area contributed by atoms with E-state index < -0.39 is 11.9 Å². The molecule has 1 heterocycles. The zero-order valence-corrected chi connectivity index (χ0v) is 20.7. The van der Waals surface area contributed by atoms with Crippen molar-refractivity contribution in [3.05, 3.63) is 119 Å². The number of hydrogen-bond acceptors (Lipinski definition) is 5. The molecule has 1 aromatic heterocycles. The Kier molecular flexibility index (Phi) is 8.11. The summed E-state index contributed by atoms with van der Waals surface area (Å²) in [4.78, 5) is 38.6. The second-order valence-corrected chi connectivity index (χ2v) is 8.09.